The van der Waals surface area contributed by atoms with Gasteiger partial charge in [0.25, 0.3) is 11.8 Å². The molecule has 130 valence electrons. The third kappa shape index (κ3) is 3.03. The Morgan fingerprint density at radius 1 is 1.12 bits per heavy atom. The molecular formula is C18H14N4O3S. The first-order chi connectivity index (χ1) is 12.6. The Hall–Kier alpha value is -3.23. The number of rotatable bonds is 4. The molecule has 4 aromatic rings. The number of thiophene rings is 1. The number of nitrogens with one attached hydrogen (secondary N) is 3. The van der Waals surface area contributed by atoms with Crippen LogP contribution in [0.25, 0.3) is 21.1 Å². The van der Waals surface area contributed by atoms with Gasteiger partial charge in [0, 0.05) is 10.3 Å². The van der Waals surface area contributed by atoms with E-state index >= 15 is 0 Å². The zero-order chi connectivity index (χ0) is 18.1. The van der Waals surface area contributed by atoms with Gasteiger partial charge < -0.3 is 10.3 Å². The second-order valence-electron chi connectivity index (χ2n) is 5.69. The highest BCUT2D eigenvalue weighted by Gasteiger charge is 2.12. The number of hydrogen-bond donors (Lipinski definition) is 4. The van der Waals surface area contributed by atoms with Crippen molar-refractivity contribution in [3.05, 3.63) is 64.8 Å². The van der Waals surface area contributed by atoms with Gasteiger partial charge in [0.2, 0.25) is 0 Å². The highest BCUT2D eigenvalue weighted by molar-refractivity contribution is 7.20. The maximum atomic E-state index is 12.4. The number of carbonyl (C=O) groups excluding carboxylic acids is 2. The minimum atomic E-state index is -0.568. The largest absolute Gasteiger partial charge is 0.345 e. The topological polar surface area (TPSA) is 107 Å². The first-order valence-electron chi connectivity index (χ1n) is 7.84. The highest BCUT2D eigenvalue weighted by Crippen LogP contribution is 2.26. The van der Waals surface area contributed by atoms with Crippen LogP contribution in [0.2, 0.25) is 0 Å². The summed E-state index contributed by atoms with van der Waals surface area (Å²) in [4.78, 5) is 31.9. The van der Waals surface area contributed by atoms with Crippen LogP contribution in [0.3, 0.4) is 0 Å². The maximum Gasteiger partial charge on any atom is 0.284 e. The summed E-state index contributed by atoms with van der Waals surface area (Å²) in [7, 11) is 0. The molecule has 0 aliphatic carbocycles. The van der Waals surface area contributed by atoms with Crippen LogP contribution in [0.1, 0.15) is 25.9 Å². The number of hydrogen-bond acceptors (Lipinski definition) is 5. The lowest BCUT2D eigenvalue weighted by Gasteiger charge is -2.03. The van der Waals surface area contributed by atoms with Crippen molar-refractivity contribution in [3.8, 4) is 0 Å². The molecule has 2 aromatic heterocycles. The maximum absolute atomic E-state index is 12.4. The van der Waals surface area contributed by atoms with Crippen LogP contribution < -0.4 is 10.8 Å². The monoisotopic (exact) mass is 366 g/mol. The summed E-state index contributed by atoms with van der Waals surface area (Å²) in [5.41, 5.74) is 3.88. The third-order valence-electron chi connectivity index (χ3n) is 3.96. The number of H-pyrrole nitrogens is 1. The van der Waals surface area contributed by atoms with Crippen molar-refractivity contribution in [1.29, 1.82) is 0 Å². The normalized spacial score (nSPS) is 11.0. The Morgan fingerprint density at radius 3 is 2.77 bits per heavy atom. The van der Waals surface area contributed by atoms with Crippen LogP contribution in [0, 0.1) is 0 Å². The van der Waals surface area contributed by atoms with Crippen LogP contribution in [0.15, 0.2) is 48.5 Å². The van der Waals surface area contributed by atoms with Crippen LogP contribution in [-0.2, 0) is 6.54 Å². The van der Waals surface area contributed by atoms with E-state index in [9.17, 15) is 9.59 Å². The Labute approximate surface area is 151 Å². The number of hydroxylamine groups is 1. The third-order valence-corrected chi connectivity index (χ3v) is 5.06. The quantitative estimate of drug-likeness (QED) is 0.329. The summed E-state index contributed by atoms with van der Waals surface area (Å²) in [6.07, 6.45) is 0. The van der Waals surface area contributed by atoms with Gasteiger partial charge in [0.15, 0.2) is 0 Å². The van der Waals surface area contributed by atoms with Crippen LogP contribution in [-0.4, -0.2) is 27.0 Å². The van der Waals surface area contributed by atoms with Gasteiger partial charge in [0.1, 0.15) is 5.82 Å². The summed E-state index contributed by atoms with van der Waals surface area (Å²) in [5.74, 6) is -0.116. The molecule has 7 nitrogen and oxygen atoms in total. The number of benzene rings is 2. The molecule has 26 heavy (non-hydrogen) atoms. The minimum absolute atomic E-state index is 0.228. The number of amides is 2. The lowest BCUT2D eigenvalue weighted by molar-refractivity contribution is 0.0711. The van der Waals surface area contributed by atoms with E-state index in [0.29, 0.717) is 16.3 Å². The molecule has 4 N–H and O–H groups in total. The van der Waals surface area contributed by atoms with E-state index < -0.39 is 5.91 Å². The number of fused-ring (bicyclic) bond motifs is 2. The van der Waals surface area contributed by atoms with Crippen LogP contribution in [0.4, 0.5) is 0 Å². The fraction of sp³-hybridized carbons (Fsp3) is 0.0556. The first kappa shape index (κ1) is 16.2. The zero-order valence-corrected chi connectivity index (χ0v) is 14.3. The second kappa shape index (κ2) is 6.58. The molecule has 0 spiro atoms. The molecule has 0 radical (unpaired) electrons. The second-order valence-corrected chi connectivity index (χ2v) is 6.77. The average molecular weight is 366 g/mol. The Balaban J connectivity index is 1.51. The fourth-order valence-corrected chi connectivity index (χ4v) is 3.69. The van der Waals surface area contributed by atoms with Gasteiger partial charge >= 0.3 is 0 Å². The first-order valence-corrected chi connectivity index (χ1v) is 8.65. The SMILES string of the molecule is O=C(NCc1nc2ccccc2[nH]1)c1ccc2cc(C(=O)NO)sc2c1. The van der Waals surface area contributed by atoms with Gasteiger partial charge in [-0.25, -0.2) is 10.5 Å². The van der Waals surface area contributed by atoms with Crippen molar-refractivity contribution in [2.45, 2.75) is 6.54 Å². The van der Waals surface area contributed by atoms with E-state index in [-0.39, 0.29) is 12.5 Å². The number of aromatic amines is 1. The molecule has 0 aliphatic rings. The molecule has 0 bridgehead atoms. The number of para-hydroxylation sites is 2. The summed E-state index contributed by atoms with van der Waals surface area (Å²) in [5, 5.41) is 12.4. The predicted octanol–water partition coefficient (Wildman–Crippen LogP) is 2.83. The molecule has 0 saturated carbocycles. The van der Waals surface area contributed by atoms with Gasteiger partial charge in [-0.05, 0) is 35.7 Å². The van der Waals surface area contributed by atoms with Gasteiger partial charge in [-0.15, -0.1) is 11.3 Å². The van der Waals surface area contributed by atoms with Crippen molar-refractivity contribution in [1.82, 2.24) is 20.8 Å². The van der Waals surface area contributed by atoms with Crippen molar-refractivity contribution >= 4 is 44.3 Å². The Bertz CT molecular complexity index is 1100. The lowest BCUT2D eigenvalue weighted by atomic mass is 10.1. The molecule has 0 atom stereocenters. The summed E-state index contributed by atoms with van der Waals surface area (Å²) < 4.78 is 0.792. The van der Waals surface area contributed by atoms with E-state index in [1.165, 1.54) is 11.3 Å². The van der Waals surface area contributed by atoms with Crippen molar-refractivity contribution < 1.29 is 14.8 Å². The molecule has 0 unspecified atom stereocenters. The molecule has 4 rings (SSSR count). The number of imidazole rings is 1. The molecule has 0 saturated heterocycles. The molecule has 0 aliphatic heterocycles. The zero-order valence-electron chi connectivity index (χ0n) is 13.4. The summed E-state index contributed by atoms with van der Waals surface area (Å²) >= 11 is 1.21. The summed E-state index contributed by atoms with van der Waals surface area (Å²) in [6, 6.07) is 14.5. The Kier molecular flexibility index (Phi) is 4.11. The van der Waals surface area contributed by atoms with Gasteiger partial charge in [-0.3, -0.25) is 14.8 Å². The number of carbonyl (C=O) groups is 2. The average Bonchev–Trinajstić information content (AvgIpc) is 3.28. The molecule has 2 heterocycles. The van der Waals surface area contributed by atoms with Crippen molar-refractivity contribution in [3.63, 3.8) is 0 Å². The molecule has 8 heteroatoms. The number of nitrogens with zero attached hydrogens (tertiary/aromatic N) is 1. The van der Waals surface area contributed by atoms with E-state index in [4.69, 9.17) is 5.21 Å². The number of aromatic nitrogens is 2. The van der Waals surface area contributed by atoms with Crippen LogP contribution >= 0.6 is 11.3 Å². The molecule has 2 aromatic carbocycles. The minimum Gasteiger partial charge on any atom is -0.345 e. The highest BCUT2D eigenvalue weighted by atomic mass is 32.1. The Morgan fingerprint density at radius 2 is 1.96 bits per heavy atom. The van der Waals surface area contributed by atoms with Gasteiger partial charge in [0.05, 0.1) is 22.5 Å². The van der Waals surface area contributed by atoms with Gasteiger partial charge in [-0.1, -0.05) is 18.2 Å². The van der Waals surface area contributed by atoms with Crippen molar-refractivity contribution in [2.24, 2.45) is 0 Å². The molecule has 0 fully saturated rings. The standard InChI is InChI=1S/C18H14N4O3S/c23-17(19-9-16-20-12-3-1-2-4-13(12)21-16)11-6-5-10-7-15(18(24)22-25)26-14(10)8-11/h1-8,25H,9H2,(H,19,23)(H,20,21)(H,22,24). The van der Waals surface area contributed by atoms with Crippen molar-refractivity contribution in [2.75, 3.05) is 0 Å². The van der Waals surface area contributed by atoms with Crippen LogP contribution in [0.5, 0.6) is 0 Å². The van der Waals surface area contributed by atoms with E-state index in [2.05, 4.69) is 15.3 Å². The molecular weight excluding hydrogens is 352 g/mol. The lowest BCUT2D eigenvalue weighted by Crippen LogP contribution is -2.23. The predicted molar refractivity (Wildman–Crippen MR) is 98.3 cm³/mol. The van der Waals surface area contributed by atoms with E-state index in [1.807, 2.05) is 24.3 Å². The smallest absolute Gasteiger partial charge is 0.284 e. The fourth-order valence-electron chi connectivity index (χ4n) is 2.69. The molecule has 2 amide bonds. The van der Waals surface area contributed by atoms with Gasteiger partial charge in [-0.2, -0.15) is 0 Å². The van der Waals surface area contributed by atoms with E-state index in [1.54, 1.807) is 29.7 Å². The summed E-state index contributed by atoms with van der Waals surface area (Å²) in [6.45, 7) is 0.286. The van der Waals surface area contributed by atoms with E-state index in [0.717, 1.165) is 21.1 Å².